The van der Waals surface area contributed by atoms with Crippen molar-refractivity contribution in [3.63, 3.8) is 0 Å². The molecule has 0 saturated heterocycles. The van der Waals surface area contributed by atoms with Gasteiger partial charge in [0.05, 0.1) is 18.9 Å². The molecule has 0 atom stereocenters. The second-order valence-electron chi connectivity index (χ2n) is 5.87. The molecule has 0 aliphatic heterocycles. The third-order valence-corrected chi connectivity index (χ3v) is 4.81. The summed E-state index contributed by atoms with van der Waals surface area (Å²) in [7, 11) is 1.60. The number of amides is 1. The zero-order valence-electron chi connectivity index (χ0n) is 15.6. The lowest BCUT2D eigenvalue weighted by molar-refractivity contribution is 0.0532. The van der Waals surface area contributed by atoms with Crippen molar-refractivity contribution in [1.29, 1.82) is 0 Å². The minimum Gasteiger partial charge on any atom is -0.462 e. The number of hydrogen-bond donors (Lipinski definition) is 1. The van der Waals surface area contributed by atoms with Crippen LogP contribution in [0, 0.1) is 0 Å². The summed E-state index contributed by atoms with van der Waals surface area (Å²) < 4.78 is 10.2. The lowest BCUT2D eigenvalue weighted by Crippen LogP contribution is -2.12. The number of benzene rings is 2. The van der Waals surface area contributed by atoms with E-state index >= 15 is 0 Å². The van der Waals surface area contributed by atoms with Crippen molar-refractivity contribution in [3.05, 3.63) is 70.6 Å². The molecule has 6 nitrogen and oxygen atoms in total. The Bertz CT molecular complexity index is 970. The molecule has 3 rings (SSSR count). The zero-order chi connectivity index (χ0) is 19.9. The van der Waals surface area contributed by atoms with Gasteiger partial charge in [-0.1, -0.05) is 53.8 Å². The van der Waals surface area contributed by atoms with Gasteiger partial charge < -0.3 is 9.47 Å². The van der Waals surface area contributed by atoms with Crippen molar-refractivity contribution in [2.45, 2.75) is 13.5 Å². The number of thiazole rings is 1. The van der Waals surface area contributed by atoms with Gasteiger partial charge in [0, 0.05) is 18.2 Å². The molecular weight excluding hydrogens is 376 g/mol. The lowest BCUT2D eigenvalue weighted by atomic mass is 10.1. The molecule has 0 bridgehead atoms. The van der Waals surface area contributed by atoms with Crippen LogP contribution in [0.1, 0.15) is 32.5 Å². The lowest BCUT2D eigenvalue weighted by Gasteiger charge is -2.04. The molecule has 0 aliphatic rings. The number of rotatable bonds is 7. The van der Waals surface area contributed by atoms with Gasteiger partial charge in [0.25, 0.3) is 5.91 Å². The maximum atomic E-state index is 12.6. The van der Waals surface area contributed by atoms with E-state index in [2.05, 4.69) is 10.3 Å². The van der Waals surface area contributed by atoms with Crippen LogP contribution < -0.4 is 5.32 Å². The van der Waals surface area contributed by atoms with E-state index in [4.69, 9.17) is 9.47 Å². The molecule has 0 aliphatic carbocycles. The van der Waals surface area contributed by atoms with Gasteiger partial charge in [-0.3, -0.25) is 10.1 Å². The SMILES string of the molecule is CCOC(=O)c1sc(NC(=O)c2cccc(COC)c2)nc1-c1ccccc1. The number of methoxy groups -OCH3 is 1. The molecule has 2 aromatic carbocycles. The predicted molar refractivity (Wildman–Crippen MR) is 109 cm³/mol. The van der Waals surface area contributed by atoms with Gasteiger partial charge in [-0.25, -0.2) is 9.78 Å². The summed E-state index contributed by atoms with van der Waals surface area (Å²) in [5.74, 6) is -0.761. The highest BCUT2D eigenvalue weighted by molar-refractivity contribution is 7.18. The Hall–Kier alpha value is -3.03. The second-order valence-corrected chi connectivity index (χ2v) is 6.87. The highest BCUT2D eigenvalue weighted by Crippen LogP contribution is 2.32. The van der Waals surface area contributed by atoms with E-state index in [-0.39, 0.29) is 12.5 Å². The van der Waals surface area contributed by atoms with Crippen LogP contribution in [0.15, 0.2) is 54.6 Å². The van der Waals surface area contributed by atoms with E-state index in [0.717, 1.165) is 22.5 Å². The summed E-state index contributed by atoms with van der Waals surface area (Å²) >= 11 is 1.10. The topological polar surface area (TPSA) is 77.5 Å². The van der Waals surface area contributed by atoms with Crippen LogP contribution in [0.4, 0.5) is 5.13 Å². The summed E-state index contributed by atoms with van der Waals surface area (Å²) in [5.41, 5.74) is 2.66. The Morgan fingerprint density at radius 3 is 2.61 bits per heavy atom. The molecule has 0 unspecified atom stereocenters. The number of carbonyl (C=O) groups is 2. The average Bonchev–Trinajstić information content (AvgIpc) is 3.13. The number of esters is 1. The van der Waals surface area contributed by atoms with E-state index in [1.165, 1.54) is 0 Å². The molecule has 144 valence electrons. The predicted octanol–water partition coefficient (Wildman–Crippen LogP) is 4.39. The third kappa shape index (κ3) is 4.62. The Morgan fingerprint density at radius 2 is 1.89 bits per heavy atom. The Balaban J connectivity index is 1.89. The first-order valence-corrected chi connectivity index (χ1v) is 9.56. The van der Waals surface area contributed by atoms with Crippen molar-refractivity contribution in [2.75, 3.05) is 19.0 Å². The fourth-order valence-electron chi connectivity index (χ4n) is 2.64. The number of carbonyl (C=O) groups excluding carboxylic acids is 2. The van der Waals surface area contributed by atoms with Crippen LogP contribution in [-0.2, 0) is 16.1 Å². The third-order valence-electron chi connectivity index (χ3n) is 3.86. The van der Waals surface area contributed by atoms with E-state index in [1.54, 1.807) is 32.2 Å². The van der Waals surface area contributed by atoms with Gasteiger partial charge >= 0.3 is 5.97 Å². The normalized spacial score (nSPS) is 10.5. The molecule has 3 aromatic rings. The van der Waals surface area contributed by atoms with Crippen molar-refractivity contribution < 1.29 is 19.1 Å². The largest absolute Gasteiger partial charge is 0.462 e. The molecule has 0 radical (unpaired) electrons. The molecule has 1 heterocycles. The zero-order valence-corrected chi connectivity index (χ0v) is 16.4. The monoisotopic (exact) mass is 396 g/mol. The van der Waals surface area contributed by atoms with Crippen molar-refractivity contribution in [1.82, 2.24) is 4.98 Å². The Morgan fingerprint density at radius 1 is 1.11 bits per heavy atom. The van der Waals surface area contributed by atoms with E-state index in [1.807, 2.05) is 36.4 Å². The number of aromatic nitrogens is 1. The minimum absolute atomic E-state index is 0.263. The van der Waals surface area contributed by atoms with Gasteiger partial charge in [-0.15, -0.1) is 0 Å². The minimum atomic E-state index is -0.457. The van der Waals surface area contributed by atoms with Gasteiger partial charge in [-0.05, 0) is 24.6 Å². The van der Waals surface area contributed by atoms with E-state index in [9.17, 15) is 9.59 Å². The van der Waals surface area contributed by atoms with Crippen molar-refractivity contribution in [2.24, 2.45) is 0 Å². The summed E-state index contributed by atoms with van der Waals surface area (Å²) in [6.07, 6.45) is 0. The molecule has 1 N–H and O–H groups in total. The molecule has 7 heteroatoms. The quantitative estimate of drug-likeness (QED) is 0.600. The summed E-state index contributed by atoms with van der Waals surface area (Å²) in [4.78, 5) is 29.8. The number of anilines is 1. The molecule has 1 amide bonds. The summed E-state index contributed by atoms with van der Waals surface area (Å²) in [6.45, 7) is 2.43. The van der Waals surface area contributed by atoms with Crippen LogP contribution in [0.25, 0.3) is 11.3 Å². The van der Waals surface area contributed by atoms with E-state index in [0.29, 0.717) is 27.9 Å². The maximum absolute atomic E-state index is 12.6. The molecule has 0 saturated carbocycles. The first-order chi connectivity index (χ1) is 13.6. The summed E-state index contributed by atoms with van der Waals surface area (Å²) in [5, 5.41) is 3.11. The Labute approximate surface area is 167 Å². The highest BCUT2D eigenvalue weighted by atomic mass is 32.1. The number of hydrogen-bond acceptors (Lipinski definition) is 6. The number of nitrogens with zero attached hydrogens (tertiary/aromatic N) is 1. The van der Waals surface area contributed by atoms with Gasteiger partial charge in [0.15, 0.2) is 5.13 Å². The average molecular weight is 396 g/mol. The Kier molecular flexibility index (Phi) is 6.52. The van der Waals surface area contributed by atoms with Crippen LogP contribution >= 0.6 is 11.3 Å². The molecule has 1 aromatic heterocycles. The molecular formula is C21H20N2O4S. The van der Waals surface area contributed by atoms with Crippen LogP contribution in [0.2, 0.25) is 0 Å². The summed E-state index contributed by atoms with van der Waals surface area (Å²) in [6, 6.07) is 16.5. The molecule has 0 fully saturated rings. The highest BCUT2D eigenvalue weighted by Gasteiger charge is 2.21. The van der Waals surface area contributed by atoms with Crippen LogP contribution in [-0.4, -0.2) is 30.6 Å². The maximum Gasteiger partial charge on any atom is 0.350 e. The van der Waals surface area contributed by atoms with Crippen molar-refractivity contribution in [3.8, 4) is 11.3 Å². The second kappa shape index (κ2) is 9.25. The van der Waals surface area contributed by atoms with Gasteiger partial charge in [0.1, 0.15) is 4.88 Å². The fourth-order valence-corrected chi connectivity index (χ4v) is 3.52. The first-order valence-electron chi connectivity index (χ1n) is 8.75. The van der Waals surface area contributed by atoms with Crippen molar-refractivity contribution >= 4 is 28.3 Å². The van der Waals surface area contributed by atoms with Gasteiger partial charge in [-0.2, -0.15) is 0 Å². The standard InChI is InChI=1S/C21H20N2O4S/c1-3-27-20(25)18-17(15-9-5-4-6-10-15)22-21(28-18)23-19(24)16-11-7-8-14(12-16)13-26-2/h4-12H,3,13H2,1-2H3,(H,22,23,24). The molecule has 28 heavy (non-hydrogen) atoms. The number of nitrogens with one attached hydrogen (secondary N) is 1. The smallest absolute Gasteiger partial charge is 0.350 e. The van der Waals surface area contributed by atoms with Crippen LogP contribution in [0.3, 0.4) is 0 Å². The van der Waals surface area contributed by atoms with Gasteiger partial charge in [0.2, 0.25) is 0 Å². The van der Waals surface area contributed by atoms with Crippen LogP contribution in [0.5, 0.6) is 0 Å². The first kappa shape index (κ1) is 19.7. The fraction of sp³-hybridized carbons (Fsp3) is 0.190. The number of ether oxygens (including phenoxy) is 2. The van der Waals surface area contributed by atoms with E-state index < -0.39 is 5.97 Å². The molecule has 0 spiro atoms.